The molecule has 0 bridgehead atoms. The molecule has 1 heterocycles. The minimum atomic E-state index is -0.797. The van der Waals surface area contributed by atoms with E-state index in [1.165, 1.54) is 10.6 Å². The van der Waals surface area contributed by atoms with Crippen molar-refractivity contribution in [1.82, 2.24) is 4.57 Å². The van der Waals surface area contributed by atoms with Crippen molar-refractivity contribution in [3.8, 4) is 5.69 Å². The van der Waals surface area contributed by atoms with Gasteiger partial charge < -0.3 is 9.47 Å². The van der Waals surface area contributed by atoms with E-state index in [2.05, 4.69) is 0 Å². The number of rotatable bonds is 5. The molecule has 1 aromatic carbocycles. The number of esters is 2. The Bertz CT molecular complexity index is 872. The van der Waals surface area contributed by atoms with Crippen molar-refractivity contribution in [3.63, 3.8) is 0 Å². The van der Waals surface area contributed by atoms with Crippen LogP contribution in [0.3, 0.4) is 0 Å². The van der Waals surface area contributed by atoms with E-state index in [1.807, 2.05) is 0 Å². The summed E-state index contributed by atoms with van der Waals surface area (Å²) in [7, 11) is 0. The van der Waals surface area contributed by atoms with Gasteiger partial charge in [-0.25, -0.2) is 9.59 Å². The first-order chi connectivity index (χ1) is 11.9. The predicted molar refractivity (Wildman–Crippen MR) is 93.7 cm³/mol. The second-order valence-electron chi connectivity index (χ2n) is 5.12. The molecule has 7 heteroatoms. The van der Waals surface area contributed by atoms with Gasteiger partial charge in [-0.1, -0.05) is 17.7 Å². The van der Waals surface area contributed by atoms with Gasteiger partial charge in [0, 0.05) is 10.7 Å². The fraction of sp³-hybridized carbons (Fsp3) is 0.278. The fourth-order valence-corrected chi connectivity index (χ4v) is 2.58. The van der Waals surface area contributed by atoms with E-state index in [-0.39, 0.29) is 24.3 Å². The summed E-state index contributed by atoms with van der Waals surface area (Å²) in [6.07, 6.45) is 0. The van der Waals surface area contributed by atoms with Crippen molar-refractivity contribution >= 4 is 23.5 Å². The molecule has 25 heavy (non-hydrogen) atoms. The van der Waals surface area contributed by atoms with Gasteiger partial charge in [-0.2, -0.15) is 0 Å². The maximum Gasteiger partial charge on any atom is 0.343 e. The number of carbonyl (C=O) groups is 2. The second kappa shape index (κ2) is 7.98. The van der Waals surface area contributed by atoms with Gasteiger partial charge in [-0.15, -0.1) is 0 Å². The van der Waals surface area contributed by atoms with Gasteiger partial charge in [0.15, 0.2) is 0 Å². The summed E-state index contributed by atoms with van der Waals surface area (Å²) in [5.74, 6) is -1.42. The van der Waals surface area contributed by atoms with Gasteiger partial charge in [0.25, 0.3) is 5.56 Å². The van der Waals surface area contributed by atoms with Crippen LogP contribution in [0.1, 0.15) is 40.3 Å². The van der Waals surface area contributed by atoms with E-state index in [1.54, 1.807) is 45.0 Å². The minimum Gasteiger partial charge on any atom is -0.462 e. The van der Waals surface area contributed by atoms with E-state index in [4.69, 9.17) is 21.1 Å². The zero-order valence-electron chi connectivity index (χ0n) is 14.2. The average molecular weight is 364 g/mol. The number of aromatic nitrogens is 1. The van der Waals surface area contributed by atoms with Gasteiger partial charge in [-0.05, 0) is 45.0 Å². The summed E-state index contributed by atoms with van der Waals surface area (Å²) in [6, 6.07) is 7.77. The highest BCUT2D eigenvalue weighted by molar-refractivity contribution is 6.30. The third-order valence-electron chi connectivity index (χ3n) is 3.50. The van der Waals surface area contributed by atoms with Crippen LogP contribution in [-0.2, 0) is 9.47 Å². The van der Waals surface area contributed by atoms with Crippen LogP contribution in [0.15, 0.2) is 35.1 Å². The van der Waals surface area contributed by atoms with Crippen LogP contribution in [0, 0.1) is 6.92 Å². The molecule has 0 saturated carbocycles. The van der Waals surface area contributed by atoms with Crippen molar-refractivity contribution < 1.29 is 19.1 Å². The number of hydrogen-bond acceptors (Lipinski definition) is 5. The van der Waals surface area contributed by atoms with E-state index in [0.29, 0.717) is 16.4 Å². The lowest BCUT2D eigenvalue weighted by atomic mass is 10.1. The van der Waals surface area contributed by atoms with E-state index < -0.39 is 17.5 Å². The number of carbonyl (C=O) groups excluding carboxylic acids is 2. The summed E-state index contributed by atoms with van der Waals surface area (Å²) in [5, 5.41) is 0.419. The topological polar surface area (TPSA) is 74.6 Å². The SMILES string of the molecule is CCOC(=O)c1cc(C(=O)OCC)c(=O)n(-c2cccc(Cl)c2)c1C. The molecular formula is C18H18ClNO5. The number of benzene rings is 1. The molecule has 0 aliphatic heterocycles. The quantitative estimate of drug-likeness (QED) is 0.763. The van der Waals surface area contributed by atoms with Gasteiger partial charge in [0.2, 0.25) is 0 Å². The molecule has 1 aromatic heterocycles. The summed E-state index contributed by atoms with van der Waals surface area (Å²) in [6.45, 7) is 5.19. The maximum absolute atomic E-state index is 12.8. The molecule has 0 aliphatic carbocycles. The Hall–Kier alpha value is -2.60. The first-order valence-corrected chi connectivity index (χ1v) is 8.15. The Balaban J connectivity index is 2.78. The first kappa shape index (κ1) is 18.7. The van der Waals surface area contributed by atoms with Crippen molar-refractivity contribution in [3.05, 3.63) is 62.5 Å². The Morgan fingerprint density at radius 1 is 1.04 bits per heavy atom. The van der Waals surface area contributed by atoms with Crippen LogP contribution in [0.5, 0.6) is 0 Å². The molecular weight excluding hydrogens is 346 g/mol. The van der Waals surface area contributed by atoms with Crippen LogP contribution in [-0.4, -0.2) is 29.7 Å². The molecule has 2 rings (SSSR count). The van der Waals surface area contributed by atoms with Crippen molar-refractivity contribution in [2.75, 3.05) is 13.2 Å². The number of nitrogens with zero attached hydrogens (tertiary/aromatic N) is 1. The van der Waals surface area contributed by atoms with Gasteiger partial charge in [0.05, 0.1) is 24.5 Å². The second-order valence-corrected chi connectivity index (χ2v) is 5.55. The largest absolute Gasteiger partial charge is 0.462 e. The smallest absolute Gasteiger partial charge is 0.343 e. The normalized spacial score (nSPS) is 10.4. The molecule has 0 N–H and O–H groups in total. The van der Waals surface area contributed by atoms with Crippen LogP contribution < -0.4 is 5.56 Å². The molecule has 0 radical (unpaired) electrons. The van der Waals surface area contributed by atoms with E-state index in [9.17, 15) is 14.4 Å². The van der Waals surface area contributed by atoms with Gasteiger partial charge in [-0.3, -0.25) is 9.36 Å². The Labute approximate surface area is 149 Å². The monoisotopic (exact) mass is 363 g/mol. The standard InChI is InChI=1S/C18H18ClNO5/c1-4-24-17(22)14-10-15(18(23)25-5-2)16(21)20(11(14)3)13-8-6-7-12(19)9-13/h6-10H,4-5H2,1-3H3. The van der Waals surface area contributed by atoms with Gasteiger partial charge >= 0.3 is 11.9 Å². The molecule has 6 nitrogen and oxygen atoms in total. The maximum atomic E-state index is 12.8. The number of hydrogen-bond donors (Lipinski definition) is 0. The zero-order valence-corrected chi connectivity index (χ0v) is 14.9. The molecule has 0 spiro atoms. The van der Waals surface area contributed by atoms with Crippen molar-refractivity contribution in [1.29, 1.82) is 0 Å². The molecule has 0 atom stereocenters. The third kappa shape index (κ3) is 3.91. The molecule has 0 fully saturated rings. The summed E-state index contributed by atoms with van der Waals surface area (Å²) >= 11 is 6.00. The molecule has 0 amide bonds. The first-order valence-electron chi connectivity index (χ1n) is 7.77. The molecule has 132 valence electrons. The predicted octanol–water partition coefficient (Wildman–Crippen LogP) is 3.15. The molecule has 2 aromatic rings. The molecule has 0 aliphatic rings. The van der Waals surface area contributed by atoms with Crippen LogP contribution in [0.2, 0.25) is 5.02 Å². The summed E-state index contributed by atoms with van der Waals surface area (Å²) in [5.41, 5.74) is 0.0664. The van der Waals surface area contributed by atoms with E-state index >= 15 is 0 Å². The number of ether oxygens (including phenoxy) is 2. The average Bonchev–Trinajstić information content (AvgIpc) is 2.55. The van der Waals surface area contributed by atoms with Crippen LogP contribution in [0.25, 0.3) is 5.69 Å². The number of halogens is 1. The van der Waals surface area contributed by atoms with Crippen LogP contribution >= 0.6 is 11.6 Å². The Morgan fingerprint density at radius 2 is 1.64 bits per heavy atom. The summed E-state index contributed by atoms with van der Waals surface area (Å²) < 4.78 is 11.2. The third-order valence-corrected chi connectivity index (χ3v) is 3.74. The molecule has 0 unspecified atom stereocenters. The Morgan fingerprint density at radius 3 is 2.20 bits per heavy atom. The minimum absolute atomic E-state index is 0.109. The highest BCUT2D eigenvalue weighted by Crippen LogP contribution is 2.18. The lowest BCUT2D eigenvalue weighted by Crippen LogP contribution is -2.30. The van der Waals surface area contributed by atoms with E-state index in [0.717, 1.165) is 0 Å². The fourth-order valence-electron chi connectivity index (χ4n) is 2.40. The lowest BCUT2D eigenvalue weighted by Gasteiger charge is -2.15. The zero-order chi connectivity index (χ0) is 18.6. The summed E-state index contributed by atoms with van der Waals surface area (Å²) in [4.78, 5) is 37.2. The van der Waals surface area contributed by atoms with Crippen molar-refractivity contribution in [2.24, 2.45) is 0 Å². The van der Waals surface area contributed by atoms with Crippen molar-refractivity contribution in [2.45, 2.75) is 20.8 Å². The highest BCUT2D eigenvalue weighted by atomic mass is 35.5. The Kier molecular flexibility index (Phi) is 5.98. The molecule has 0 saturated heterocycles. The van der Waals surface area contributed by atoms with Gasteiger partial charge in [0.1, 0.15) is 5.56 Å². The lowest BCUT2D eigenvalue weighted by molar-refractivity contribution is 0.0522. The van der Waals surface area contributed by atoms with Crippen LogP contribution in [0.4, 0.5) is 0 Å². The number of pyridine rings is 1. The highest BCUT2D eigenvalue weighted by Gasteiger charge is 2.23.